The van der Waals surface area contributed by atoms with Crippen LogP contribution in [-0.2, 0) is 11.2 Å². The smallest absolute Gasteiger partial charge is 0.227 e. The fraction of sp³-hybridized carbons (Fsp3) is 0.471. The summed E-state index contributed by atoms with van der Waals surface area (Å²) in [5.41, 5.74) is 3.45. The third kappa shape index (κ3) is 3.88. The molecule has 0 saturated carbocycles. The maximum absolute atomic E-state index is 12.4. The van der Waals surface area contributed by atoms with E-state index in [9.17, 15) is 4.79 Å². The summed E-state index contributed by atoms with van der Waals surface area (Å²) in [4.78, 5) is 18.0. The third-order valence-corrected chi connectivity index (χ3v) is 5.34. The lowest BCUT2D eigenvalue weighted by atomic mass is 9.96. The Bertz CT molecular complexity index is 702. The molecule has 0 spiro atoms. The standard InChI is InChI=1S/C17H22N4OS/c1-11-5-3-4-6-15(11)21-16(22)12(2)7-14-10-18-17(23-14)13-8-19-20-9-13/h8-10,12H,3-7H2,1-2H3,(H,19,20)(H,21,22). The molecule has 0 saturated heterocycles. The molecule has 2 aromatic rings. The van der Waals surface area contributed by atoms with Gasteiger partial charge in [0.05, 0.1) is 6.20 Å². The van der Waals surface area contributed by atoms with Gasteiger partial charge in [-0.15, -0.1) is 11.3 Å². The van der Waals surface area contributed by atoms with E-state index in [1.165, 1.54) is 18.4 Å². The molecule has 0 radical (unpaired) electrons. The minimum absolute atomic E-state index is 0.0603. The van der Waals surface area contributed by atoms with Gasteiger partial charge in [-0.2, -0.15) is 5.10 Å². The zero-order valence-electron chi connectivity index (χ0n) is 13.6. The number of nitrogens with zero attached hydrogens (tertiary/aromatic N) is 2. The van der Waals surface area contributed by atoms with E-state index in [-0.39, 0.29) is 11.8 Å². The number of carbonyl (C=O) groups is 1. The van der Waals surface area contributed by atoms with Crippen LogP contribution in [0.4, 0.5) is 0 Å². The van der Waals surface area contributed by atoms with Crippen molar-refractivity contribution in [3.8, 4) is 10.6 Å². The van der Waals surface area contributed by atoms with E-state index in [4.69, 9.17) is 0 Å². The molecule has 2 heterocycles. The van der Waals surface area contributed by atoms with Crippen LogP contribution in [0.1, 0.15) is 44.4 Å². The molecule has 23 heavy (non-hydrogen) atoms. The Hall–Kier alpha value is -1.95. The molecule has 1 aliphatic carbocycles. The molecular formula is C17H22N4OS. The van der Waals surface area contributed by atoms with Crippen LogP contribution in [0.15, 0.2) is 29.9 Å². The molecule has 2 N–H and O–H groups in total. The van der Waals surface area contributed by atoms with Gasteiger partial charge in [0.1, 0.15) is 5.01 Å². The maximum Gasteiger partial charge on any atom is 0.227 e. The molecule has 3 rings (SSSR count). The quantitative estimate of drug-likeness (QED) is 0.878. The highest BCUT2D eigenvalue weighted by atomic mass is 32.1. The number of hydrogen-bond acceptors (Lipinski definition) is 4. The molecule has 2 aromatic heterocycles. The number of hydrogen-bond donors (Lipinski definition) is 2. The summed E-state index contributed by atoms with van der Waals surface area (Å²) in [7, 11) is 0. The lowest BCUT2D eigenvalue weighted by molar-refractivity contribution is -0.123. The number of aromatic amines is 1. The molecule has 0 bridgehead atoms. The van der Waals surface area contributed by atoms with Crippen LogP contribution in [0.3, 0.4) is 0 Å². The highest BCUT2D eigenvalue weighted by Crippen LogP contribution is 2.26. The minimum atomic E-state index is -0.0603. The Labute approximate surface area is 140 Å². The van der Waals surface area contributed by atoms with Crippen molar-refractivity contribution in [2.24, 2.45) is 5.92 Å². The summed E-state index contributed by atoms with van der Waals surface area (Å²) in [6.45, 7) is 4.10. The van der Waals surface area contributed by atoms with Gasteiger partial charge in [0.25, 0.3) is 0 Å². The van der Waals surface area contributed by atoms with Gasteiger partial charge < -0.3 is 5.32 Å². The SMILES string of the molecule is CC1=C(NC(=O)C(C)Cc2cnc(-c3cn[nH]c3)s2)CCCC1. The van der Waals surface area contributed by atoms with Gasteiger partial charge in [-0.25, -0.2) is 4.98 Å². The number of amides is 1. The summed E-state index contributed by atoms with van der Waals surface area (Å²) >= 11 is 1.62. The molecule has 0 aliphatic heterocycles. The van der Waals surface area contributed by atoms with Crippen LogP contribution >= 0.6 is 11.3 Å². The number of rotatable bonds is 5. The molecule has 1 unspecified atom stereocenters. The molecular weight excluding hydrogens is 308 g/mol. The largest absolute Gasteiger partial charge is 0.330 e. The van der Waals surface area contributed by atoms with Gasteiger partial charge >= 0.3 is 0 Å². The molecule has 1 aliphatic rings. The highest BCUT2D eigenvalue weighted by molar-refractivity contribution is 7.15. The van der Waals surface area contributed by atoms with Crippen molar-refractivity contribution < 1.29 is 4.79 Å². The molecule has 1 amide bonds. The number of carbonyl (C=O) groups excluding carboxylic acids is 1. The Balaban J connectivity index is 1.60. The Morgan fingerprint density at radius 2 is 2.22 bits per heavy atom. The average Bonchev–Trinajstić information content (AvgIpc) is 3.20. The lowest BCUT2D eigenvalue weighted by Crippen LogP contribution is -2.31. The topological polar surface area (TPSA) is 70.7 Å². The normalized spacial score (nSPS) is 16.4. The van der Waals surface area contributed by atoms with Crippen LogP contribution in [-0.4, -0.2) is 21.1 Å². The minimum Gasteiger partial charge on any atom is -0.330 e. The molecule has 0 aromatic carbocycles. The Morgan fingerprint density at radius 3 is 2.96 bits per heavy atom. The van der Waals surface area contributed by atoms with E-state index in [1.807, 2.05) is 19.3 Å². The first-order chi connectivity index (χ1) is 11.1. The van der Waals surface area contributed by atoms with Crippen molar-refractivity contribution >= 4 is 17.2 Å². The second-order valence-corrected chi connectivity index (χ2v) is 7.29. The van der Waals surface area contributed by atoms with Crippen LogP contribution in [0.2, 0.25) is 0 Å². The van der Waals surface area contributed by atoms with Gasteiger partial charge in [0, 0.05) is 34.4 Å². The van der Waals surface area contributed by atoms with Crippen molar-refractivity contribution in [1.82, 2.24) is 20.5 Å². The number of aromatic nitrogens is 3. The van der Waals surface area contributed by atoms with Crippen molar-refractivity contribution in [1.29, 1.82) is 0 Å². The van der Waals surface area contributed by atoms with E-state index in [1.54, 1.807) is 17.5 Å². The average molecular weight is 330 g/mol. The molecule has 6 heteroatoms. The van der Waals surface area contributed by atoms with Crippen molar-refractivity contribution in [3.63, 3.8) is 0 Å². The summed E-state index contributed by atoms with van der Waals surface area (Å²) in [6, 6.07) is 0. The van der Waals surface area contributed by atoms with E-state index < -0.39 is 0 Å². The van der Waals surface area contributed by atoms with Gasteiger partial charge in [-0.1, -0.05) is 12.5 Å². The third-order valence-electron chi connectivity index (χ3n) is 4.27. The van der Waals surface area contributed by atoms with Crippen LogP contribution in [0.5, 0.6) is 0 Å². The van der Waals surface area contributed by atoms with Crippen LogP contribution in [0, 0.1) is 5.92 Å². The van der Waals surface area contributed by atoms with Crippen molar-refractivity contribution in [3.05, 3.63) is 34.7 Å². The summed E-state index contributed by atoms with van der Waals surface area (Å²) in [6.07, 6.45) is 10.7. The van der Waals surface area contributed by atoms with Gasteiger partial charge in [0.15, 0.2) is 0 Å². The molecule has 1 atom stereocenters. The van der Waals surface area contributed by atoms with E-state index >= 15 is 0 Å². The fourth-order valence-corrected chi connectivity index (χ4v) is 3.82. The van der Waals surface area contributed by atoms with Crippen LogP contribution < -0.4 is 5.32 Å². The molecule has 0 fully saturated rings. The highest BCUT2D eigenvalue weighted by Gasteiger charge is 2.18. The van der Waals surface area contributed by atoms with E-state index in [0.717, 1.165) is 34.0 Å². The molecule has 122 valence electrons. The predicted molar refractivity (Wildman–Crippen MR) is 91.9 cm³/mol. The van der Waals surface area contributed by atoms with Gasteiger partial charge in [-0.05, 0) is 39.0 Å². The number of thiazole rings is 1. The first kappa shape index (κ1) is 15.9. The number of H-pyrrole nitrogens is 1. The van der Waals surface area contributed by atoms with E-state index in [2.05, 4.69) is 27.4 Å². The number of nitrogens with one attached hydrogen (secondary N) is 2. The second kappa shape index (κ2) is 7.08. The number of allylic oxidation sites excluding steroid dienone is 2. The zero-order valence-corrected chi connectivity index (χ0v) is 14.4. The second-order valence-electron chi connectivity index (χ2n) is 6.18. The summed E-state index contributed by atoms with van der Waals surface area (Å²) in [5.74, 6) is 0.0504. The maximum atomic E-state index is 12.4. The fourth-order valence-electron chi connectivity index (χ4n) is 2.79. The first-order valence-corrected chi connectivity index (χ1v) is 8.88. The van der Waals surface area contributed by atoms with Gasteiger partial charge in [-0.3, -0.25) is 9.89 Å². The van der Waals surface area contributed by atoms with E-state index in [0.29, 0.717) is 6.42 Å². The Morgan fingerprint density at radius 1 is 1.39 bits per heavy atom. The van der Waals surface area contributed by atoms with Crippen LogP contribution in [0.25, 0.3) is 10.6 Å². The Kier molecular flexibility index (Phi) is 4.91. The van der Waals surface area contributed by atoms with Crippen molar-refractivity contribution in [2.45, 2.75) is 46.0 Å². The zero-order chi connectivity index (χ0) is 16.2. The summed E-state index contributed by atoms with van der Waals surface area (Å²) < 4.78 is 0. The lowest BCUT2D eigenvalue weighted by Gasteiger charge is -2.20. The summed E-state index contributed by atoms with van der Waals surface area (Å²) in [5, 5.41) is 10.8. The molecule has 5 nitrogen and oxygen atoms in total. The van der Waals surface area contributed by atoms with Crippen molar-refractivity contribution in [2.75, 3.05) is 0 Å². The predicted octanol–water partition coefficient (Wildman–Crippen LogP) is 3.68. The first-order valence-electron chi connectivity index (χ1n) is 8.07. The monoisotopic (exact) mass is 330 g/mol. The van der Waals surface area contributed by atoms with Gasteiger partial charge in [0.2, 0.25) is 5.91 Å².